The van der Waals surface area contributed by atoms with E-state index in [4.69, 9.17) is 23.2 Å². The molecular formula is C15H14Cl2FN5. The maximum atomic E-state index is 14.0. The topological polar surface area (TPSA) is 55.6 Å². The van der Waals surface area contributed by atoms with E-state index in [2.05, 4.69) is 27.3 Å². The molecule has 0 bridgehead atoms. The standard InChI is InChI=1S/C15H14Cl2FN5/c1-3-4-11-12-13(23(2)22-11)14(21-15(17)20-12)19-10-6-5-8(16)7-9(10)18/h5-7H,3-4H2,1-2H3,(H,19,20,21). The maximum Gasteiger partial charge on any atom is 0.225 e. The van der Waals surface area contributed by atoms with Crippen molar-refractivity contribution in [2.75, 3.05) is 5.32 Å². The van der Waals surface area contributed by atoms with Crippen LogP contribution in [0.5, 0.6) is 0 Å². The highest BCUT2D eigenvalue weighted by Crippen LogP contribution is 2.29. The molecule has 0 aliphatic heterocycles. The average molecular weight is 354 g/mol. The van der Waals surface area contributed by atoms with Crippen LogP contribution in [0.25, 0.3) is 11.0 Å². The van der Waals surface area contributed by atoms with Crippen LogP contribution in [-0.4, -0.2) is 19.7 Å². The van der Waals surface area contributed by atoms with E-state index in [1.165, 1.54) is 6.07 Å². The third-order valence-corrected chi connectivity index (χ3v) is 3.80. The smallest absolute Gasteiger partial charge is 0.225 e. The van der Waals surface area contributed by atoms with Crippen LogP contribution in [0, 0.1) is 5.82 Å². The summed E-state index contributed by atoms with van der Waals surface area (Å²) in [5.74, 6) is -0.0742. The minimum absolute atomic E-state index is 0.0831. The fourth-order valence-corrected chi connectivity index (χ4v) is 2.75. The van der Waals surface area contributed by atoms with E-state index in [-0.39, 0.29) is 11.0 Å². The van der Waals surface area contributed by atoms with Crippen molar-refractivity contribution in [2.24, 2.45) is 7.05 Å². The summed E-state index contributed by atoms with van der Waals surface area (Å²) in [5.41, 5.74) is 2.44. The summed E-state index contributed by atoms with van der Waals surface area (Å²) in [6.07, 6.45) is 1.71. The van der Waals surface area contributed by atoms with Crippen molar-refractivity contribution in [1.82, 2.24) is 19.7 Å². The van der Waals surface area contributed by atoms with Crippen LogP contribution < -0.4 is 5.32 Å². The Labute approximate surface area is 142 Å². The van der Waals surface area contributed by atoms with Crippen LogP contribution in [0.15, 0.2) is 18.2 Å². The molecule has 1 aromatic carbocycles. The Morgan fingerprint density at radius 1 is 1.26 bits per heavy atom. The lowest BCUT2D eigenvalue weighted by Crippen LogP contribution is -2.01. The molecule has 3 aromatic rings. The predicted octanol–water partition coefficient (Wildman–Crippen LogP) is 4.51. The molecule has 0 fully saturated rings. The van der Waals surface area contributed by atoms with Gasteiger partial charge in [-0.2, -0.15) is 10.1 Å². The molecule has 8 heteroatoms. The first-order valence-electron chi connectivity index (χ1n) is 7.10. The van der Waals surface area contributed by atoms with Gasteiger partial charge in [-0.05, 0) is 36.2 Å². The number of aromatic nitrogens is 4. The van der Waals surface area contributed by atoms with Gasteiger partial charge in [0.2, 0.25) is 5.28 Å². The highest BCUT2D eigenvalue weighted by molar-refractivity contribution is 6.30. The molecule has 120 valence electrons. The normalized spacial score (nSPS) is 11.2. The van der Waals surface area contributed by atoms with Crippen molar-refractivity contribution in [3.63, 3.8) is 0 Å². The third kappa shape index (κ3) is 3.09. The predicted molar refractivity (Wildman–Crippen MR) is 90.0 cm³/mol. The molecule has 2 aromatic heterocycles. The fraction of sp³-hybridized carbons (Fsp3) is 0.267. The van der Waals surface area contributed by atoms with Gasteiger partial charge in [0.15, 0.2) is 5.82 Å². The van der Waals surface area contributed by atoms with Crippen LogP contribution in [0.1, 0.15) is 19.0 Å². The lowest BCUT2D eigenvalue weighted by atomic mass is 10.2. The van der Waals surface area contributed by atoms with Gasteiger partial charge in [0.1, 0.15) is 16.9 Å². The van der Waals surface area contributed by atoms with E-state index < -0.39 is 5.82 Å². The van der Waals surface area contributed by atoms with E-state index in [1.54, 1.807) is 23.9 Å². The number of hydrogen-bond acceptors (Lipinski definition) is 4. The molecule has 0 atom stereocenters. The molecule has 23 heavy (non-hydrogen) atoms. The highest BCUT2D eigenvalue weighted by atomic mass is 35.5. The number of benzene rings is 1. The molecule has 0 saturated carbocycles. The largest absolute Gasteiger partial charge is 0.336 e. The Balaban J connectivity index is 2.13. The minimum atomic E-state index is -0.476. The zero-order chi connectivity index (χ0) is 16.6. The number of aryl methyl sites for hydroxylation is 2. The summed E-state index contributed by atoms with van der Waals surface area (Å²) in [4.78, 5) is 8.45. The van der Waals surface area contributed by atoms with Gasteiger partial charge in [-0.1, -0.05) is 24.9 Å². The van der Waals surface area contributed by atoms with E-state index >= 15 is 0 Å². The van der Waals surface area contributed by atoms with Gasteiger partial charge in [0.25, 0.3) is 0 Å². The van der Waals surface area contributed by atoms with Crippen molar-refractivity contribution in [1.29, 1.82) is 0 Å². The van der Waals surface area contributed by atoms with Crippen molar-refractivity contribution >= 4 is 45.7 Å². The first kappa shape index (κ1) is 16.0. The second-order valence-corrected chi connectivity index (χ2v) is 5.88. The quantitative estimate of drug-likeness (QED) is 0.701. The molecule has 3 rings (SSSR count). The zero-order valence-corrected chi connectivity index (χ0v) is 14.1. The molecule has 0 aliphatic rings. The van der Waals surface area contributed by atoms with Gasteiger partial charge in [-0.25, -0.2) is 9.37 Å². The summed E-state index contributed by atoms with van der Waals surface area (Å²) in [7, 11) is 1.79. The molecule has 0 spiro atoms. The molecule has 0 aliphatic carbocycles. The maximum absolute atomic E-state index is 14.0. The Morgan fingerprint density at radius 2 is 2.04 bits per heavy atom. The number of rotatable bonds is 4. The van der Waals surface area contributed by atoms with Crippen LogP contribution in [0.3, 0.4) is 0 Å². The van der Waals surface area contributed by atoms with Crippen molar-refractivity contribution in [2.45, 2.75) is 19.8 Å². The minimum Gasteiger partial charge on any atom is -0.336 e. The molecule has 5 nitrogen and oxygen atoms in total. The van der Waals surface area contributed by atoms with E-state index in [9.17, 15) is 4.39 Å². The summed E-state index contributed by atoms with van der Waals surface area (Å²) in [5, 5.41) is 7.82. The zero-order valence-electron chi connectivity index (χ0n) is 12.6. The summed E-state index contributed by atoms with van der Waals surface area (Å²) < 4.78 is 15.7. The molecular weight excluding hydrogens is 340 g/mol. The summed E-state index contributed by atoms with van der Waals surface area (Å²) in [6, 6.07) is 4.37. The number of halogens is 3. The number of nitrogens with one attached hydrogen (secondary N) is 1. The first-order valence-corrected chi connectivity index (χ1v) is 7.86. The van der Waals surface area contributed by atoms with Crippen LogP contribution >= 0.6 is 23.2 Å². The lowest BCUT2D eigenvalue weighted by Gasteiger charge is -2.09. The van der Waals surface area contributed by atoms with E-state index in [0.717, 1.165) is 18.5 Å². The molecule has 1 N–H and O–H groups in total. The monoisotopic (exact) mass is 353 g/mol. The van der Waals surface area contributed by atoms with Crippen molar-refractivity contribution in [3.05, 3.63) is 40.0 Å². The SMILES string of the molecule is CCCc1nn(C)c2c(Nc3ccc(Cl)cc3F)nc(Cl)nc12. The van der Waals surface area contributed by atoms with Crippen molar-refractivity contribution in [3.8, 4) is 0 Å². The Morgan fingerprint density at radius 3 is 2.74 bits per heavy atom. The van der Waals surface area contributed by atoms with Crippen LogP contribution in [0.4, 0.5) is 15.9 Å². The second-order valence-electron chi connectivity index (χ2n) is 5.11. The van der Waals surface area contributed by atoms with E-state index in [1.807, 2.05) is 0 Å². The lowest BCUT2D eigenvalue weighted by molar-refractivity contribution is 0.632. The average Bonchev–Trinajstić information content (AvgIpc) is 2.79. The van der Waals surface area contributed by atoms with Crippen LogP contribution in [-0.2, 0) is 13.5 Å². The third-order valence-electron chi connectivity index (χ3n) is 3.40. The van der Waals surface area contributed by atoms with Crippen molar-refractivity contribution < 1.29 is 4.39 Å². The number of anilines is 2. The van der Waals surface area contributed by atoms with E-state index in [0.29, 0.717) is 21.9 Å². The van der Waals surface area contributed by atoms with Gasteiger partial charge in [0.05, 0.1) is 11.4 Å². The second kappa shape index (κ2) is 6.29. The first-order chi connectivity index (χ1) is 11.0. The molecule has 0 unspecified atom stereocenters. The fourth-order valence-electron chi connectivity index (χ4n) is 2.42. The Hall–Kier alpha value is -1.92. The molecule has 2 heterocycles. The summed E-state index contributed by atoms with van der Waals surface area (Å²) in [6.45, 7) is 2.06. The molecule has 0 saturated heterocycles. The van der Waals surface area contributed by atoms with Gasteiger partial charge >= 0.3 is 0 Å². The Kier molecular flexibility index (Phi) is 4.37. The van der Waals surface area contributed by atoms with Gasteiger partial charge in [-0.15, -0.1) is 0 Å². The molecule has 0 amide bonds. The van der Waals surface area contributed by atoms with Crippen LogP contribution in [0.2, 0.25) is 10.3 Å². The number of fused-ring (bicyclic) bond motifs is 1. The van der Waals surface area contributed by atoms with Gasteiger partial charge in [0, 0.05) is 12.1 Å². The van der Waals surface area contributed by atoms with Gasteiger partial charge in [-0.3, -0.25) is 4.68 Å². The number of hydrogen-bond donors (Lipinski definition) is 1. The number of nitrogens with zero attached hydrogens (tertiary/aromatic N) is 4. The summed E-state index contributed by atoms with van der Waals surface area (Å²) >= 11 is 11.8. The van der Waals surface area contributed by atoms with Gasteiger partial charge < -0.3 is 5.32 Å². The highest BCUT2D eigenvalue weighted by Gasteiger charge is 2.17. The Bertz CT molecular complexity index is 878. The molecule has 0 radical (unpaired) electrons.